The Labute approximate surface area is 119 Å². The lowest BCUT2D eigenvalue weighted by Gasteiger charge is -2.21. The highest BCUT2D eigenvalue weighted by atomic mass is 16.5. The number of carbonyl (C=O) groups excluding carboxylic acids is 1. The zero-order valence-electron chi connectivity index (χ0n) is 12.1. The molecule has 6 heteroatoms. The Morgan fingerprint density at radius 1 is 1.35 bits per heavy atom. The fourth-order valence-corrected chi connectivity index (χ4v) is 1.67. The van der Waals surface area contributed by atoms with E-state index in [-0.39, 0.29) is 12.6 Å². The molecule has 0 spiro atoms. The summed E-state index contributed by atoms with van der Waals surface area (Å²) in [7, 11) is 4.79. The summed E-state index contributed by atoms with van der Waals surface area (Å²) >= 11 is 0. The second-order valence-corrected chi connectivity index (χ2v) is 4.39. The smallest absolute Gasteiger partial charge is 0.317 e. The van der Waals surface area contributed by atoms with Crippen LogP contribution >= 0.6 is 0 Å². The molecule has 0 aromatic heterocycles. The molecule has 0 saturated heterocycles. The van der Waals surface area contributed by atoms with Crippen LogP contribution in [-0.2, 0) is 4.74 Å². The normalized spacial score (nSPS) is 11.8. The number of methoxy groups -OCH3 is 2. The molecule has 0 heterocycles. The van der Waals surface area contributed by atoms with E-state index >= 15 is 0 Å². The Kier molecular flexibility index (Phi) is 6.83. The van der Waals surface area contributed by atoms with Gasteiger partial charge in [0.05, 0.1) is 26.4 Å². The van der Waals surface area contributed by atoms with E-state index in [1.54, 1.807) is 45.5 Å². The second-order valence-electron chi connectivity index (χ2n) is 4.39. The summed E-state index contributed by atoms with van der Waals surface area (Å²) in [5, 5.41) is 12.8. The van der Waals surface area contributed by atoms with Crippen LogP contribution in [0.5, 0.6) is 5.75 Å². The van der Waals surface area contributed by atoms with Crippen LogP contribution in [0.15, 0.2) is 24.3 Å². The van der Waals surface area contributed by atoms with Crippen molar-refractivity contribution in [1.29, 1.82) is 0 Å². The molecule has 1 rings (SSSR count). The molecule has 0 aliphatic heterocycles. The van der Waals surface area contributed by atoms with Gasteiger partial charge in [0.25, 0.3) is 0 Å². The number of ether oxygens (including phenoxy) is 2. The first-order valence-corrected chi connectivity index (χ1v) is 6.38. The van der Waals surface area contributed by atoms with Gasteiger partial charge in [-0.2, -0.15) is 0 Å². The van der Waals surface area contributed by atoms with E-state index in [1.807, 2.05) is 0 Å². The predicted molar refractivity (Wildman–Crippen MR) is 75.9 cm³/mol. The molecule has 0 radical (unpaired) electrons. The molecule has 1 aromatic rings. The quantitative estimate of drug-likeness (QED) is 0.732. The summed E-state index contributed by atoms with van der Waals surface area (Å²) in [5.74, 6) is 0.728. The first kappa shape index (κ1) is 16.3. The van der Waals surface area contributed by atoms with Crippen LogP contribution in [0.25, 0.3) is 0 Å². The van der Waals surface area contributed by atoms with Gasteiger partial charge in [0.15, 0.2) is 0 Å². The standard InChI is InChI=1S/C14H22N2O4/c1-16(14(18)15-8-9-19-2)10-13(17)11-4-6-12(20-3)7-5-11/h4-7,13,17H,8-10H2,1-3H3,(H,15,18). The highest BCUT2D eigenvalue weighted by Crippen LogP contribution is 2.18. The zero-order chi connectivity index (χ0) is 15.0. The van der Waals surface area contributed by atoms with Crippen molar-refractivity contribution in [3.8, 4) is 5.75 Å². The van der Waals surface area contributed by atoms with Gasteiger partial charge in [-0.25, -0.2) is 4.79 Å². The van der Waals surface area contributed by atoms with Crippen molar-refractivity contribution >= 4 is 6.03 Å². The number of nitrogens with one attached hydrogen (secondary N) is 1. The van der Waals surface area contributed by atoms with Crippen LogP contribution in [0.3, 0.4) is 0 Å². The molecular formula is C14H22N2O4. The molecule has 2 amide bonds. The number of hydrogen-bond acceptors (Lipinski definition) is 4. The van der Waals surface area contributed by atoms with Crippen LogP contribution in [0.2, 0.25) is 0 Å². The molecule has 1 aromatic carbocycles. The topological polar surface area (TPSA) is 71.0 Å². The maximum Gasteiger partial charge on any atom is 0.317 e. The molecule has 0 fully saturated rings. The monoisotopic (exact) mass is 282 g/mol. The molecule has 2 N–H and O–H groups in total. The van der Waals surface area contributed by atoms with E-state index in [1.165, 1.54) is 4.90 Å². The fraction of sp³-hybridized carbons (Fsp3) is 0.500. The molecular weight excluding hydrogens is 260 g/mol. The lowest BCUT2D eigenvalue weighted by atomic mass is 10.1. The minimum Gasteiger partial charge on any atom is -0.497 e. The van der Waals surface area contributed by atoms with E-state index in [4.69, 9.17) is 9.47 Å². The summed E-state index contributed by atoms with van der Waals surface area (Å²) in [6.45, 7) is 1.12. The average molecular weight is 282 g/mol. The van der Waals surface area contributed by atoms with Gasteiger partial charge in [0.1, 0.15) is 5.75 Å². The zero-order valence-corrected chi connectivity index (χ0v) is 12.1. The van der Waals surface area contributed by atoms with E-state index in [2.05, 4.69) is 5.32 Å². The number of hydrogen-bond donors (Lipinski definition) is 2. The van der Waals surface area contributed by atoms with Gasteiger partial charge in [-0.05, 0) is 17.7 Å². The Bertz CT molecular complexity index is 408. The van der Waals surface area contributed by atoms with Crippen molar-refractivity contribution in [3.05, 3.63) is 29.8 Å². The molecule has 1 unspecified atom stereocenters. The number of urea groups is 1. The molecule has 0 bridgehead atoms. The number of carbonyl (C=O) groups is 1. The predicted octanol–water partition coefficient (Wildman–Crippen LogP) is 1.02. The Morgan fingerprint density at radius 3 is 2.55 bits per heavy atom. The van der Waals surface area contributed by atoms with Crippen LogP contribution < -0.4 is 10.1 Å². The number of benzene rings is 1. The highest BCUT2D eigenvalue weighted by Gasteiger charge is 2.14. The number of likely N-dealkylation sites (N-methyl/N-ethyl adjacent to an activating group) is 1. The van der Waals surface area contributed by atoms with Crippen molar-refractivity contribution in [3.63, 3.8) is 0 Å². The lowest BCUT2D eigenvalue weighted by Crippen LogP contribution is -2.40. The summed E-state index contributed by atoms with van der Waals surface area (Å²) in [6, 6.07) is 6.86. The summed E-state index contributed by atoms with van der Waals surface area (Å²) < 4.78 is 9.90. The first-order chi connectivity index (χ1) is 9.58. The van der Waals surface area contributed by atoms with Crippen LogP contribution in [0.4, 0.5) is 4.79 Å². The van der Waals surface area contributed by atoms with Crippen molar-refractivity contribution in [2.75, 3.05) is 41.0 Å². The average Bonchev–Trinajstić information content (AvgIpc) is 2.47. The van der Waals surface area contributed by atoms with E-state index in [0.717, 1.165) is 11.3 Å². The van der Waals surface area contributed by atoms with Gasteiger partial charge in [-0.3, -0.25) is 0 Å². The molecule has 6 nitrogen and oxygen atoms in total. The number of aliphatic hydroxyl groups excluding tert-OH is 1. The highest BCUT2D eigenvalue weighted by molar-refractivity contribution is 5.73. The Morgan fingerprint density at radius 2 is 2.00 bits per heavy atom. The van der Waals surface area contributed by atoms with Gasteiger partial charge >= 0.3 is 6.03 Å². The third kappa shape index (κ3) is 5.07. The first-order valence-electron chi connectivity index (χ1n) is 6.38. The third-order valence-corrected chi connectivity index (χ3v) is 2.88. The molecule has 0 aliphatic rings. The maximum absolute atomic E-state index is 11.7. The van der Waals surface area contributed by atoms with Gasteiger partial charge in [0.2, 0.25) is 0 Å². The van der Waals surface area contributed by atoms with E-state index in [0.29, 0.717) is 13.2 Å². The van der Waals surface area contributed by atoms with Crippen molar-refractivity contribution in [1.82, 2.24) is 10.2 Å². The van der Waals surface area contributed by atoms with Crippen molar-refractivity contribution < 1.29 is 19.4 Å². The lowest BCUT2D eigenvalue weighted by molar-refractivity contribution is 0.130. The minimum absolute atomic E-state index is 0.213. The SMILES string of the molecule is COCCNC(=O)N(C)CC(O)c1ccc(OC)cc1. The minimum atomic E-state index is -0.737. The van der Waals surface area contributed by atoms with Gasteiger partial charge < -0.3 is 24.8 Å². The molecule has 112 valence electrons. The molecule has 0 aliphatic carbocycles. The molecule has 1 atom stereocenters. The Balaban J connectivity index is 2.47. The maximum atomic E-state index is 11.7. The van der Waals surface area contributed by atoms with Crippen molar-refractivity contribution in [2.45, 2.75) is 6.10 Å². The summed E-state index contributed by atoms with van der Waals surface area (Å²) in [5.41, 5.74) is 0.738. The van der Waals surface area contributed by atoms with Gasteiger partial charge in [-0.15, -0.1) is 0 Å². The van der Waals surface area contributed by atoms with Crippen LogP contribution in [0, 0.1) is 0 Å². The van der Waals surface area contributed by atoms with E-state index < -0.39 is 6.10 Å². The van der Waals surface area contributed by atoms with Gasteiger partial charge in [-0.1, -0.05) is 12.1 Å². The van der Waals surface area contributed by atoms with Crippen molar-refractivity contribution in [2.24, 2.45) is 0 Å². The molecule has 0 saturated carbocycles. The number of rotatable bonds is 7. The van der Waals surface area contributed by atoms with E-state index in [9.17, 15) is 9.90 Å². The van der Waals surface area contributed by atoms with Crippen LogP contribution in [-0.4, -0.2) is 57.0 Å². The Hall–Kier alpha value is -1.79. The van der Waals surface area contributed by atoms with Crippen LogP contribution in [0.1, 0.15) is 11.7 Å². The number of amides is 2. The third-order valence-electron chi connectivity index (χ3n) is 2.88. The molecule has 20 heavy (non-hydrogen) atoms. The second kappa shape index (κ2) is 8.39. The fourth-order valence-electron chi connectivity index (χ4n) is 1.67. The summed E-state index contributed by atoms with van der Waals surface area (Å²) in [4.78, 5) is 13.1. The number of nitrogens with zero attached hydrogens (tertiary/aromatic N) is 1. The van der Waals surface area contributed by atoms with Gasteiger partial charge in [0, 0.05) is 20.7 Å². The largest absolute Gasteiger partial charge is 0.497 e. The number of aliphatic hydroxyl groups is 1. The summed E-state index contributed by atoms with van der Waals surface area (Å²) in [6.07, 6.45) is -0.737.